The van der Waals surface area contributed by atoms with Crippen molar-refractivity contribution in [1.29, 1.82) is 0 Å². The fourth-order valence-electron chi connectivity index (χ4n) is 6.04. The van der Waals surface area contributed by atoms with Gasteiger partial charge in [-0.2, -0.15) is 0 Å². The lowest BCUT2D eigenvalue weighted by molar-refractivity contribution is -0.367. The summed E-state index contributed by atoms with van der Waals surface area (Å²) in [5, 5.41) is 114. The molecule has 0 aliphatic carbocycles. The van der Waals surface area contributed by atoms with E-state index in [4.69, 9.17) is 49.4 Å². The Kier molecular flexibility index (Phi) is 13.8. The van der Waals surface area contributed by atoms with Crippen LogP contribution in [0.4, 0.5) is 0 Å². The maximum Gasteiger partial charge on any atom is 0.335 e. The Morgan fingerprint density at radius 3 is 1.46 bits per heavy atom. The Labute approximate surface area is 283 Å². The van der Waals surface area contributed by atoms with E-state index in [0.717, 1.165) is 0 Å². The van der Waals surface area contributed by atoms with Crippen molar-refractivity contribution >= 4 is 11.9 Å². The SMILES string of the molecule is CC(C)OC1C(C(=O)O)OC(OC2C(N)C(OC3C(C(=O)O)OC(OC4C(N)C(O)OC(CO)C4O)C(O)C3O)OC(CO)C2O)C(O)C1O. The summed E-state index contributed by atoms with van der Waals surface area (Å²) in [6, 6.07) is -3.17. The summed E-state index contributed by atoms with van der Waals surface area (Å²) in [6.45, 7) is 1.39. The van der Waals surface area contributed by atoms with E-state index in [2.05, 4.69) is 0 Å². The van der Waals surface area contributed by atoms with E-state index in [1.165, 1.54) is 0 Å². The second kappa shape index (κ2) is 16.9. The summed E-state index contributed by atoms with van der Waals surface area (Å²) in [6.07, 6.45) is -33.8. The number of aliphatic hydroxyl groups is 9. The van der Waals surface area contributed by atoms with Crippen LogP contribution in [-0.2, 0) is 47.5 Å². The molecule has 20 atom stereocenters. The minimum Gasteiger partial charge on any atom is -0.479 e. The molecule has 4 aliphatic heterocycles. The van der Waals surface area contributed by atoms with Crippen LogP contribution in [0.5, 0.6) is 0 Å². The van der Waals surface area contributed by atoms with E-state index in [-0.39, 0.29) is 0 Å². The summed E-state index contributed by atoms with van der Waals surface area (Å²) in [5.41, 5.74) is 12.1. The smallest absolute Gasteiger partial charge is 0.335 e. The van der Waals surface area contributed by atoms with Gasteiger partial charge in [-0.25, -0.2) is 9.59 Å². The highest BCUT2D eigenvalue weighted by Crippen LogP contribution is 2.34. The number of rotatable bonds is 12. The van der Waals surface area contributed by atoms with Crippen molar-refractivity contribution in [3.05, 3.63) is 0 Å². The zero-order valence-corrected chi connectivity index (χ0v) is 26.7. The Balaban J connectivity index is 1.52. The highest BCUT2D eigenvalue weighted by molar-refractivity contribution is 5.74. The van der Waals surface area contributed by atoms with E-state index >= 15 is 0 Å². The maximum atomic E-state index is 12.3. The molecule has 23 heteroatoms. The molecule has 4 heterocycles. The van der Waals surface area contributed by atoms with Gasteiger partial charge < -0.3 is 106 Å². The van der Waals surface area contributed by atoms with Crippen LogP contribution in [0.3, 0.4) is 0 Å². The van der Waals surface area contributed by atoms with Gasteiger partial charge >= 0.3 is 11.9 Å². The van der Waals surface area contributed by atoms with Crippen LogP contribution in [0, 0.1) is 0 Å². The third-order valence-electron chi connectivity index (χ3n) is 8.70. The first kappa shape index (κ1) is 40.9. The lowest BCUT2D eigenvalue weighted by Crippen LogP contribution is -2.69. The second-order valence-electron chi connectivity index (χ2n) is 12.5. The van der Waals surface area contributed by atoms with Crippen LogP contribution in [0.1, 0.15) is 13.8 Å². The first-order chi connectivity index (χ1) is 23.4. The number of carbonyl (C=O) groups is 2. The van der Waals surface area contributed by atoms with Crippen LogP contribution in [0.15, 0.2) is 0 Å². The van der Waals surface area contributed by atoms with Gasteiger partial charge in [-0.15, -0.1) is 0 Å². The molecule has 20 unspecified atom stereocenters. The average Bonchev–Trinajstić information content (AvgIpc) is 3.05. The molecule has 0 amide bonds. The predicted molar refractivity (Wildman–Crippen MR) is 153 cm³/mol. The van der Waals surface area contributed by atoms with Gasteiger partial charge in [0.2, 0.25) is 0 Å². The monoisotopic (exact) mass is 734 g/mol. The van der Waals surface area contributed by atoms with Gasteiger partial charge in [-0.3, -0.25) is 0 Å². The van der Waals surface area contributed by atoms with Gasteiger partial charge in [0, 0.05) is 0 Å². The molecule has 4 saturated heterocycles. The van der Waals surface area contributed by atoms with Crippen molar-refractivity contribution in [1.82, 2.24) is 0 Å². The fraction of sp³-hybridized carbons (Fsp3) is 0.926. The lowest BCUT2D eigenvalue weighted by atomic mass is 9.94. The molecule has 50 heavy (non-hydrogen) atoms. The van der Waals surface area contributed by atoms with Gasteiger partial charge in [0.15, 0.2) is 37.4 Å². The third-order valence-corrected chi connectivity index (χ3v) is 8.70. The van der Waals surface area contributed by atoms with E-state index in [9.17, 15) is 65.8 Å². The first-order valence-electron chi connectivity index (χ1n) is 15.6. The minimum absolute atomic E-state index is 0.592. The molecule has 0 saturated carbocycles. The Bertz CT molecular complexity index is 1140. The van der Waals surface area contributed by atoms with E-state index in [1.807, 2.05) is 0 Å². The van der Waals surface area contributed by atoms with Crippen molar-refractivity contribution < 1.29 is 104 Å². The van der Waals surface area contributed by atoms with Crippen LogP contribution in [0.2, 0.25) is 0 Å². The Hall–Kier alpha value is -1.82. The largest absolute Gasteiger partial charge is 0.479 e. The van der Waals surface area contributed by atoms with E-state index in [0.29, 0.717) is 0 Å². The molecule has 23 nitrogen and oxygen atoms in total. The number of nitrogens with two attached hydrogens (primary N) is 2. The number of aliphatic hydroxyl groups excluding tert-OH is 9. The second-order valence-corrected chi connectivity index (χ2v) is 12.5. The highest BCUT2D eigenvalue weighted by Gasteiger charge is 2.56. The molecule has 0 radical (unpaired) electrons. The van der Waals surface area contributed by atoms with Gasteiger partial charge in [0.05, 0.1) is 31.4 Å². The van der Waals surface area contributed by atoms with Gasteiger partial charge in [-0.1, -0.05) is 0 Å². The van der Waals surface area contributed by atoms with Gasteiger partial charge in [0.25, 0.3) is 0 Å². The minimum atomic E-state index is -2.18. The molecule has 4 fully saturated rings. The molecular formula is C27H46N2O21. The zero-order valence-electron chi connectivity index (χ0n) is 26.7. The van der Waals surface area contributed by atoms with Crippen LogP contribution in [-0.4, -0.2) is 210 Å². The number of ether oxygens (including phenoxy) is 8. The van der Waals surface area contributed by atoms with Gasteiger partial charge in [-0.05, 0) is 13.8 Å². The molecule has 0 bridgehead atoms. The molecule has 15 N–H and O–H groups in total. The standard InChI is InChI=1S/C27H46N2O21/c1-5(2)43-18-12(34)14(36)27(49-20(18)22(38)39)47-17-9(29)25(45-7(4-31)11(17)33)48-19-13(35)15(37)26(50-21(19)23(40)41)46-16-8(28)24(42)44-6(3-30)10(16)32/h5-21,24-27,30-37,42H,3-4,28-29H2,1-2H3,(H,38,39)(H,40,41). The number of carboxylic acids is 2. The van der Waals surface area contributed by atoms with E-state index in [1.54, 1.807) is 13.8 Å². The topological polar surface area (TPSA) is 383 Å². The molecule has 0 aromatic carbocycles. The summed E-state index contributed by atoms with van der Waals surface area (Å²) >= 11 is 0. The summed E-state index contributed by atoms with van der Waals surface area (Å²) in [5.74, 6) is -3.37. The Morgan fingerprint density at radius 2 is 1.00 bits per heavy atom. The summed E-state index contributed by atoms with van der Waals surface area (Å²) < 4.78 is 43.4. The van der Waals surface area contributed by atoms with Crippen molar-refractivity contribution in [3.63, 3.8) is 0 Å². The van der Waals surface area contributed by atoms with Crippen LogP contribution in [0.25, 0.3) is 0 Å². The maximum absolute atomic E-state index is 12.3. The van der Waals surface area contributed by atoms with Gasteiger partial charge in [0.1, 0.15) is 73.2 Å². The molecule has 290 valence electrons. The number of hydrogen-bond acceptors (Lipinski definition) is 21. The number of hydrogen-bond donors (Lipinski definition) is 13. The number of aliphatic carboxylic acids is 2. The molecular weight excluding hydrogens is 688 g/mol. The van der Waals surface area contributed by atoms with Crippen molar-refractivity contribution in [2.45, 2.75) is 143 Å². The predicted octanol–water partition coefficient (Wildman–Crippen LogP) is -8.20. The van der Waals surface area contributed by atoms with Crippen LogP contribution >= 0.6 is 0 Å². The van der Waals surface area contributed by atoms with Crippen molar-refractivity contribution in [2.75, 3.05) is 13.2 Å². The molecule has 4 aliphatic rings. The van der Waals surface area contributed by atoms with Crippen molar-refractivity contribution in [3.8, 4) is 0 Å². The Morgan fingerprint density at radius 1 is 0.580 bits per heavy atom. The lowest BCUT2D eigenvalue weighted by Gasteiger charge is -2.49. The molecule has 0 aromatic heterocycles. The quantitative estimate of drug-likeness (QED) is 0.0885. The molecule has 4 rings (SSSR count). The molecule has 0 aromatic rings. The average molecular weight is 735 g/mol. The van der Waals surface area contributed by atoms with E-state index < -0.39 is 154 Å². The normalized spacial score (nSPS) is 48.8. The third kappa shape index (κ3) is 8.36. The van der Waals surface area contributed by atoms with Crippen LogP contribution < -0.4 is 11.5 Å². The molecule has 0 spiro atoms. The summed E-state index contributed by atoms with van der Waals surface area (Å²) in [4.78, 5) is 24.2. The zero-order chi connectivity index (χ0) is 37.4. The van der Waals surface area contributed by atoms with Crippen molar-refractivity contribution in [2.24, 2.45) is 11.5 Å². The highest BCUT2D eigenvalue weighted by atomic mass is 16.8. The number of carboxylic acid groups (broad SMARTS) is 2. The first-order valence-corrected chi connectivity index (χ1v) is 15.6. The fourth-order valence-corrected chi connectivity index (χ4v) is 6.04. The summed E-state index contributed by atoms with van der Waals surface area (Å²) in [7, 11) is 0.